The van der Waals surface area contributed by atoms with Crippen molar-refractivity contribution in [1.82, 2.24) is 4.98 Å². The molecule has 2 amide bonds. The standard InChI is InChI=1S/C51H68N4O14S/c1-51(2,3)38-33-46(49(61-6)47(34-38)55-70(7,57)58)54-50(56)53-45-12-13-48(44-11-9-8-10-43(44)45)69-40-14-15-52-39(35-40)30-37-31-41(60-5)36-42(32-37)68-29-28-67-27-26-66-25-24-65-23-22-64-21-20-63-19-18-62-17-16-59-4/h8-15,31-36,55H,16-30H2,1-7H3,(H2,53,54,56). The number of rotatable bonds is 32. The summed E-state index contributed by atoms with van der Waals surface area (Å²) in [4.78, 5) is 18.2. The lowest BCUT2D eigenvalue weighted by Gasteiger charge is -2.24. The van der Waals surface area contributed by atoms with Crippen LogP contribution in [0.25, 0.3) is 10.8 Å². The number of hydrogen-bond acceptors (Lipinski definition) is 15. The molecular formula is C51H68N4O14S. The topological polar surface area (TPSA) is 202 Å². The third-order valence-corrected chi connectivity index (χ3v) is 10.8. The Morgan fingerprint density at radius 2 is 1.14 bits per heavy atom. The first-order valence-corrected chi connectivity index (χ1v) is 24.8. The van der Waals surface area contributed by atoms with Gasteiger partial charge in [0.25, 0.3) is 0 Å². The monoisotopic (exact) mass is 992 g/mol. The average molecular weight is 993 g/mol. The number of benzene rings is 4. The molecule has 0 atom stereocenters. The molecule has 19 heteroatoms. The fourth-order valence-corrected chi connectivity index (χ4v) is 7.40. The molecule has 0 unspecified atom stereocenters. The Bertz CT molecular complexity index is 2500. The van der Waals surface area contributed by atoms with Crippen LogP contribution in [0.1, 0.15) is 37.6 Å². The highest BCUT2D eigenvalue weighted by Gasteiger charge is 2.23. The van der Waals surface area contributed by atoms with Gasteiger partial charge in [-0.1, -0.05) is 45.0 Å². The van der Waals surface area contributed by atoms with Gasteiger partial charge < -0.3 is 62.7 Å². The van der Waals surface area contributed by atoms with Crippen LogP contribution in [-0.4, -0.2) is 140 Å². The number of hydrogen-bond donors (Lipinski definition) is 3. The molecule has 0 saturated heterocycles. The van der Waals surface area contributed by atoms with Crippen molar-refractivity contribution in [3.05, 3.63) is 102 Å². The van der Waals surface area contributed by atoms with Crippen molar-refractivity contribution in [3.63, 3.8) is 0 Å². The van der Waals surface area contributed by atoms with Gasteiger partial charge >= 0.3 is 6.03 Å². The molecule has 0 bridgehead atoms. The maximum atomic E-state index is 13.6. The molecule has 70 heavy (non-hydrogen) atoms. The zero-order chi connectivity index (χ0) is 50.2. The number of carbonyl (C=O) groups excluding carboxylic acids is 1. The maximum absolute atomic E-state index is 13.6. The summed E-state index contributed by atoms with van der Waals surface area (Å²) in [6.07, 6.45) is 3.22. The van der Waals surface area contributed by atoms with Crippen LogP contribution in [0.2, 0.25) is 0 Å². The van der Waals surface area contributed by atoms with Crippen LogP contribution in [0.15, 0.2) is 85.1 Å². The number of fused-ring (bicyclic) bond motifs is 1. The van der Waals surface area contributed by atoms with Gasteiger partial charge in [-0.25, -0.2) is 13.2 Å². The van der Waals surface area contributed by atoms with Gasteiger partial charge in [-0.05, 0) is 59.0 Å². The minimum Gasteiger partial charge on any atom is -0.497 e. The number of pyridine rings is 1. The molecule has 18 nitrogen and oxygen atoms in total. The molecular weight excluding hydrogens is 925 g/mol. The third kappa shape index (κ3) is 19.2. The zero-order valence-electron chi connectivity index (χ0n) is 41.3. The van der Waals surface area contributed by atoms with Crippen LogP contribution in [-0.2, 0) is 55.0 Å². The smallest absolute Gasteiger partial charge is 0.323 e. The van der Waals surface area contributed by atoms with Crippen LogP contribution >= 0.6 is 0 Å². The van der Waals surface area contributed by atoms with E-state index in [4.69, 9.17) is 52.1 Å². The number of ether oxygens (including phenoxy) is 11. The average Bonchev–Trinajstić information content (AvgIpc) is 3.32. The van der Waals surface area contributed by atoms with Gasteiger partial charge in [0.2, 0.25) is 10.0 Å². The maximum Gasteiger partial charge on any atom is 0.323 e. The lowest BCUT2D eigenvalue weighted by Crippen LogP contribution is -2.22. The summed E-state index contributed by atoms with van der Waals surface area (Å²) in [5, 5.41) is 7.29. The molecule has 5 rings (SSSR count). The van der Waals surface area contributed by atoms with Crippen molar-refractivity contribution >= 4 is 43.9 Å². The summed E-state index contributed by atoms with van der Waals surface area (Å²) >= 11 is 0. The number of nitrogens with zero attached hydrogens (tertiary/aromatic N) is 1. The van der Waals surface area contributed by atoms with Crippen LogP contribution in [0.3, 0.4) is 0 Å². The number of carbonyl (C=O) groups is 1. The van der Waals surface area contributed by atoms with Crippen LogP contribution < -0.4 is 34.3 Å². The largest absolute Gasteiger partial charge is 0.497 e. The molecule has 3 N–H and O–H groups in total. The second-order valence-electron chi connectivity index (χ2n) is 16.8. The second-order valence-corrected chi connectivity index (χ2v) is 18.5. The Kier molecular flexibility index (Phi) is 22.7. The van der Waals surface area contributed by atoms with Crippen LogP contribution in [0.5, 0.6) is 28.7 Å². The summed E-state index contributed by atoms with van der Waals surface area (Å²) in [6.45, 7) is 12.6. The van der Waals surface area contributed by atoms with Gasteiger partial charge in [0.15, 0.2) is 5.75 Å². The normalized spacial score (nSPS) is 11.6. The van der Waals surface area contributed by atoms with Crippen molar-refractivity contribution in [2.75, 3.05) is 135 Å². The number of anilines is 3. The molecule has 0 aliphatic rings. The van der Waals surface area contributed by atoms with Gasteiger partial charge in [0.1, 0.15) is 29.6 Å². The Hall–Kier alpha value is -5.77. The summed E-state index contributed by atoms with van der Waals surface area (Å²) in [5.74, 6) is 2.60. The van der Waals surface area contributed by atoms with Gasteiger partial charge in [0.05, 0.1) is 123 Å². The molecule has 0 aliphatic heterocycles. The molecule has 0 aliphatic carbocycles. The van der Waals surface area contributed by atoms with Crippen molar-refractivity contribution < 1.29 is 65.3 Å². The molecule has 0 saturated carbocycles. The predicted octanol–water partition coefficient (Wildman–Crippen LogP) is 8.07. The SMILES string of the molecule is COCCOCCOCCOCCOCCOCCOCCOc1cc(Cc2cc(Oc3ccc(NC(=O)Nc4cc(C(C)(C)C)cc(NS(C)(=O)=O)c4OC)c4ccccc34)ccn2)cc(OC)c1. The fraction of sp³-hybridized carbons (Fsp3) is 0.451. The summed E-state index contributed by atoms with van der Waals surface area (Å²) in [6, 6.07) is 23.4. The summed E-state index contributed by atoms with van der Waals surface area (Å²) in [5.41, 5.74) is 3.14. The van der Waals surface area contributed by atoms with Crippen molar-refractivity contribution in [2.45, 2.75) is 32.6 Å². The van der Waals surface area contributed by atoms with E-state index in [-0.39, 0.29) is 16.9 Å². The lowest BCUT2D eigenvalue weighted by atomic mass is 9.86. The fourth-order valence-electron chi connectivity index (χ4n) is 6.84. The molecule has 0 fully saturated rings. The first kappa shape index (κ1) is 55.2. The second kappa shape index (κ2) is 28.8. The Balaban J connectivity index is 1.07. The number of methoxy groups -OCH3 is 3. The van der Waals surface area contributed by atoms with Crippen molar-refractivity contribution in [3.8, 4) is 28.7 Å². The van der Waals surface area contributed by atoms with E-state index in [9.17, 15) is 13.2 Å². The molecule has 0 spiro atoms. The highest BCUT2D eigenvalue weighted by molar-refractivity contribution is 7.92. The summed E-state index contributed by atoms with van der Waals surface area (Å²) in [7, 11) is 1.01. The summed E-state index contributed by atoms with van der Waals surface area (Å²) < 4.78 is 88.6. The van der Waals surface area contributed by atoms with Gasteiger partial charge in [0, 0.05) is 48.3 Å². The van der Waals surface area contributed by atoms with Gasteiger partial charge in [-0.15, -0.1) is 0 Å². The van der Waals surface area contributed by atoms with Gasteiger partial charge in [-0.3, -0.25) is 9.71 Å². The number of sulfonamides is 1. The quantitative estimate of drug-likeness (QED) is 0.0349. The molecule has 0 radical (unpaired) electrons. The molecule has 382 valence electrons. The third-order valence-electron chi connectivity index (χ3n) is 10.2. The van der Waals surface area contributed by atoms with E-state index in [1.54, 1.807) is 50.7 Å². The Labute approximate surface area is 411 Å². The van der Waals surface area contributed by atoms with E-state index in [0.29, 0.717) is 133 Å². The first-order chi connectivity index (χ1) is 33.8. The van der Waals surface area contributed by atoms with E-state index in [1.165, 1.54) is 7.11 Å². The Morgan fingerprint density at radius 3 is 1.71 bits per heavy atom. The minimum atomic E-state index is -3.65. The molecule has 1 heterocycles. The van der Waals surface area contributed by atoms with Crippen molar-refractivity contribution in [1.29, 1.82) is 0 Å². The first-order valence-electron chi connectivity index (χ1n) is 22.9. The number of amides is 2. The number of urea groups is 1. The number of nitrogens with one attached hydrogen (secondary N) is 3. The van der Waals surface area contributed by atoms with E-state index < -0.39 is 16.1 Å². The van der Waals surface area contributed by atoms with E-state index >= 15 is 0 Å². The Morgan fingerprint density at radius 1 is 0.586 bits per heavy atom. The minimum absolute atomic E-state index is 0.173. The highest BCUT2D eigenvalue weighted by atomic mass is 32.2. The van der Waals surface area contributed by atoms with E-state index in [2.05, 4.69) is 20.3 Å². The highest BCUT2D eigenvalue weighted by Crippen LogP contribution is 2.40. The lowest BCUT2D eigenvalue weighted by molar-refractivity contribution is -0.0199. The van der Waals surface area contributed by atoms with E-state index in [0.717, 1.165) is 33.8 Å². The molecule has 1 aromatic heterocycles. The predicted molar refractivity (Wildman–Crippen MR) is 269 cm³/mol. The molecule has 5 aromatic rings. The van der Waals surface area contributed by atoms with Gasteiger partial charge in [-0.2, -0.15) is 0 Å². The van der Waals surface area contributed by atoms with Crippen molar-refractivity contribution in [2.24, 2.45) is 0 Å². The van der Waals surface area contributed by atoms with Crippen LogP contribution in [0, 0.1) is 0 Å². The zero-order valence-corrected chi connectivity index (χ0v) is 42.1. The number of aromatic nitrogens is 1. The van der Waals surface area contributed by atoms with E-state index in [1.807, 2.05) is 69.3 Å². The molecule has 4 aromatic carbocycles. The van der Waals surface area contributed by atoms with Crippen LogP contribution in [0.4, 0.5) is 21.9 Å².